The van der Waals surface area contributed by atoms with E-state index >= 15 is 0 Å². The van der Waals surface area contributed by atoms with E-state index in [1.807, 2.05) is 60.7 Å². The van der Waals surface area contributed by atoms with E-state index < -0.39 is 0 Å². The fourth-order valence-electron chi connectivity index (χ4n) is 2.85. The molecule has 0 radical (unpaired) electrons. The molecule has 27 heavy (non-hydrogen) atoms. The van der Waals surface area contributed by atoms with Crippen molar-refractivity contribution >= 4 is 16.6 Å². The van der Waals surface area contributed by atoms with Crippen LogP contribution in [0.15, 0.2) is 66.4 Å². The van der Waals surface area contributed by atoms with Crippen LogP contribution in [0.3, 0.4) is 0 Å². The number of nitriles is 2. The van der Waals surface area contributed by atoms with Gasteiger partial charge in [-0.3, -0.25) is 0 Å². The predicted molar refractivity (Wildman–Crippen MR) is 105 cm³/mol. The van der Waals surface area contributed by atoms with E-state index in [1.165, 1.54) is 6.20 Å². The molecule has 0 spiro atoms. The highest BCUT2D eigenvalue weighted by atomic mass is 16.5. The summed E-state index contributed by atoms with van der Waals surface area (Å²) < 4.78 is 5.41. The van der Waals surface area contributed by atoms with E-state index in [1.54, 1.807) is 7.11 Å². The summed E-state index contributed by atoms with van der Waals surface area (Å²) in [6.45, 7) is 0. The minimum Gasteiger partial charge on any atom is -0.494 e. The second-order valence-electron chi connectivity index (χ2n) is 5.92. The quantitative estimate of drug-likeness (QED) is 0.665. The maximum absolute atomic E-state index is 8.86. The van der Waals surface area contributed by atoms with E-state index in [9.17, 15) is 0 Å². The van der Waals surface area contributed by atoms with Gasteiger partial charge < -0.3 is 10.1 Å². The van der Waals surface area contributed by atoms with Crippen molar-refractivity contribution in [2.75, 3.05) is 12.4 Å². The van der Waals surface area contributed by atoms with E-state index in [0.717, 1.165) is 46.4 Å². The van der Waals surface area contributed by atoms with Crippen molar-refractivity contribution in [3.63, 3.8) is 0 Å². The number of aryl methyl sites for hydroxylation is 2. The van der Waals surface area contributed by atoms with Crippen molar-refractivity contribution in [2.45, 2.75) is 12.8 Å². The van der Waals surface area contributed by atoms with Gasteiger partial charge >= 0.3 is 0 Å². The number of allylic oxidation sites excluding steroid dienone is 1. The molecule has 5 heteroatoms. The van der Waals surface area contributed by atoms with Gasteiger partial charge in [0.05, 0.1) is 7.11 Å². The summed E-state index contributed by atoms with van der Waals surface area (Å²) in [5.41, 5.74) is 3.84. The third-order valence-corrected chi connectivity index (χ3v) is 4.24. The van der Waals surface area contributed by atoms with Crippen molar-refractivity contribution < 1.29 is 4.74 Å². The first kappa shape index (κ1) is 18.0. The van der Waals surface area contributed by atoms with E-state index in [4.69, 9.17) is 20.2 Å². The molecule has 3 aromatic rings. The number of anilines is 1. The third-order valence-electron chi connectivity index (χ3n) is 4.24. The van der Waals surface area contributed by atoms with Crippen LogP contribution >= 0.6 is 0 Å². The second kappa shape index (κ2) is 8.51. The summed E-state index contributed by atoms with van der Waals surface area (Å²) in [6, 6.07) is 21.5. The standard InChI is InChI=1S/C22H18N4O/c1-27-21-8-4-6-18-10-12-19(26-22(18)21)11-9-17-5-2-3-7-20(17)25-15-16(13-23)14-24/h2-8,10,12,15,25H,9,11H2,1H3. The topological polar surface area (TPSA) is 81.7 Å². The molecule has 0 saturated heterocycles. The first-order valence-corrected chi connectivity index (χ1v) is 8.52. The molecule has 1 aromatic heterocycles. The van der Waals surface area contributed by atoms with Crippen molar-refractivity contribution in [3.8, 4) is 17.9 Å². The number of methoxy groups -OCH3 is 1. The van der Waals surface area contributed by atoms with Gasteiger partial charge in [-0.15, -0.1) is 0 Å². The average molecular weight is 354 g/mol. The first-order valence-electron chi connectivity index (χ1n) is 8.52. The molecular formula is C22H18N4O. The summed E-state index contributed by atoms with van der Waals surface area (Å²) in [7, 11) is 1.65. The molecule has 0 atom stereocenters. The molecule has 2 aromatic carbocycles. The Morgan fingerprint density at radius 3 is 2.63 bits per heavy atom. The molecule has 1 N–H and O–H groups in total. The Morgan fingerprint density at radius 1 is 1.04 bits per heavy atom. The molecule has 0 saturated carbocycles. The molecule has 0 fully saturated rings. The van der Waals surface area contributed by atoms with Gasteiger partial charge in [-0.05, 0) is 36.6 Å². The number of nitrogens with one attached hydrogen (secondary N) is 1. The zero-order valence-corrected chi connectivity index (χ0v) is 14.9. The van der Waals surface area contributed by atoms with Crippen LogP contribution in [0.25, 0.3) is 10.9 Å². The Balaban J connectivity index is 1.80. The molecule has 0 aliphatic rings. The Kier molecular flexibility index (Phi) is 5.67. The lowest BCUT2D eigenvalue weighted by atomic mass is 10.0. The third kappa shape index (κ3) is 4.23. The van der Waals surface area contributed by atoms with Gasteiger partial charge in [0.1, 0.15) is 29.0 Å². The molecule has 0 unspecified atom stereocenters. The number of aromatic nitrogens is 1. The van der Waals surface area contributed by atoms with Crippen molar-refractivity contribution in [3.05, 3.63) is 77.6 Å². The van der Waals surface area contributed by atoms with E-state index in [-0.39, 0.29) is 5.57 Å². The summed E-state index contributed by atoms with van der Waals surface area (Å²) in [5, 5.41) is 21.8. The van der Waals surface area contributed by atoms with Crippen LogP contribution < -0.4 is 10.1 Å². The van der Waals surface area contributed by atoms with Crippen LogP contribution in [0.1, 0.15) is 11.3 Å². The van der Waals surface area contributed by atoms with E-state index in [0.29, 0.717) is 0 Å². The lowest BCUT2D eigenvalue weighted by Gasteiger charge is -2.10. The summed E-state index contributed by atoms with van der Waals surface area (Å²) in [4.78, 5) is 4.75. The maximum atomic E-state index is 8.86. The average Bonchev–Trinajstić information content (AvgIpc) is 2.73. The molecule has 132 valence electrons. The highest BCUT2D eigenvalue weighted by Crippen LogP contribution is 2.24. The minimum absolute atomic E-state index is 0.0353. The molecular weight excluding hydrogens is 336 g/mol. The predicted octanol–water partition coefficient (Wildman–Crippen LogP) is 4.37. The number of para-hydroxylation sites is 2. The van der Waals surface area contributed by atoms with Crippen LogP contribution in [0, 0.1) is 22.7 Å². The van der Waals surface area contributed by atoms with Crippen LogP contribution in [-0.2, 0) is 12.8 Å². The van der Waals surface area contributed by atoms with Gasteiger partial charge in [0.2, 0.25) is 0 Å². The smallest absolute Gasteiger partial charge is 0.145 e. The van der Waals surface area contributed by atoms with Crippen LogP contribution in [-0.4, -0.2) is 12.1 Å². The maximum Gasteiger partial charge on any atom is 0.145 e. The number of hydrogen-bond acceptors (Lipinski definition) is 5. The summed E-state index contributed by atoms with van der Waals surface area (Å²) >= 11 is 0. The molecule has 3 rings (SSSR count). The highest BCUT2D eigenvalue weighted by Gasteiger charge is 2.06. The first-order chi connectivity index (χ1) is 13.2. The van der Waals surface area contributed by atoms with Crippen LogP contribution in [0.4, 0.5) is 5.69 Å². The fourth-order valence-corrected chi connectivity index (χ4v) is 2.85. The van der Waals surface area contributed by atoms with Crippen LogP contribution in [0.2, 0.25) is 0 Å². The van der Waals surface area contributed by atoms with Crippen LogP contribution in [0.5, 0.6) is 5.75 Å². The zero-order chi connectivity index (χ0) is 19.1. The molecule has 5 nitrogen and oxygen atoms in total. The molecule has 0 aliphatic heterocycles. The van der Waals surface area contributed by atoms with Crippen molar-refractivity contribution in [2.24, 2.45) is 0 Å². The van der Waals surface area contributed by atoms with Crippen molar-refractivity contribution in [1.29, 1.82) is 10.5 Å². The largest absolute Gasteiger partial charge is 0.494 e. The summed E-state index contributed by atoms with van der Waals surface area (Å²) in [6.07, 6.45) is 2.97. The molecule has 0 aliphatic carbocycles. The van der Waals surface area contributed by atoms with Gasteiger partial charge in [0, 0.05) is 23.0 Å². The lowest BCUT2D eigenvalue weighted by Crippen LogP contribution is -2.00. The Labute approximate surface area is 158 Å². The second-order valence-corrected chi connectivity index (χ2v) is 5.92. The van der Waals surface area contributed by atoms with Gasteiger partial charge in [-0.1, -0.05) is 36.4 Å². The van der Waals surface area contributed by atoms with Gasteiger partial charge in [-0.2, -0.15) is 10.5 Å². The zero-order valence-electron chi connectivity index (χ0n) is 14.9. The van der Waals surface area contributed by atoms with Gasteiger partial charge in [0.15, 0.2) is 0 Å². The number of nitrogens with zero attached hydrogens (tertiary/aromatic N) is 3. The lowest BCUT2D eigenvalue weighted by molar-refractivity contribution is 0.419. The Morgan fingerprint density at radius 2 is 1.85 bits per heavy atom. The number of benzene rings is 2. The fraction of sp³-hybridized carbons (Fsp3) is 0.136. The minimum atomic E-state index is 0.0353. The number of hydrogen-bond donors (Lipinski definition) is 1. The number of pyridine rings is 1. The van der Waals surface area contributed by atoms with E-state index in [2.05, 4.69) is 11.4 Å². The van der Waals surface area contributed by atoms with Gasteiger partial charge in [0.25, 0.3) is 0 Å². The Bertz CT molecular complexity index is 1060. The number of rotatable bonds is 6. The summed E-state index contributed by atoms with van der Waals surface area (Å²) in [5.74, 6) is 0.766. The van der Waals surface area contributed by atoms with Gasteiger partial charge in [-0.25, -0.2) is 4.98 Å². The monoisotopic (exact) mass is 354 g/mol. The number of fused-ring (bicyclic) bond motifs is 1. The van der Waals surface area contributed by atoms with Crippen molar-refractivity contribution in [1.82, 2.24) is 4.98 Å². The molecule has 1 heterocycles. The number of ether oxygens (including phenoxy) is 1. The molecule has 0 amide bonds. The SMILES string of the molecule is COc1cccc2ccc(CCc3ccccc3NC=C(C#N)C#N)nc12. The Hall–Kier alpha value is -3.83. The normalized spacial score (nSPS) is 9.89. The molecule has 0 bridgehead atoms. The highest BCUT2D eigenvalue weighted by molar-refractivity contribution is 5.84.